The van der Waals surface area contributed by atoms with Gasteiger partial charge < -0.3 is 20.1 Å². The Bertz CT molecular complexity index is 645. The Morgan fingerprint density at radius 1 is 1.48 bits per heavy atom. The summed E-state index contributed by atoms with van der Waals surface area (Å²) in [5, 5.41) is 13.5. The summed E-state index contributed by atoms with van der Waals surface area (Å²) >= 11 is 1.67. The van der Waals surface area contributed by atoms with Crippen LogP contribution in [0.5, 0.6) is 0 Å². The number of anilines is 2. The van der Waals surface area contributed by atoms with E-state index < -0.39 is 0 Å². The number of hydrogen-bond acceptors (Lipinski definition) is 7. The number of aromatic nitrogens is 2. The topological polar surface area (TPSA) is 70.5 Å². The zero-order valence-corrected chi connectivity index (χ0v) is 13.3. The van der Waals surface area contributed by atoms with E-state index in [9.17, 15) is 5.11 Å². The number of hydrogen-bond donors (Lipinski definition) is 2. The van der Waals surface area contributed by atoms with Gasteiger partial charge in [0.2, 0.25) is 5.95 Å². The number of morpholine rings is 1. The third kappa shape index (κ3) is 2.81. The molecule has 2 atom stereocenters. The Labute approximate surface area is 127 Å². The summed E-state index contributed by atoms with van der Waals surface area (Å²) < 4.78 is 5.71. The average Bonchev–Trinajstić information content (AvgIpc) is 2.85. The van der Waals surface area contributed by atoms with Crippen LogP contribution in [0.3, 0.4) is 0 Å². The van der Waals surface area contributed by atoms with E-state index in [1.54, 1.807) is 11.3 Å². The molecule has 0 radical (unpaired) electrons. The first-order valence-electron chi connectivity index (χ1n) is 7.08. The molecule has 3 rings (SSSR count). The predicted octanol–water partition coefficient (Wildman–Crippen LogP) is 1.63. The normalized spacial score (nSPS) is 22.8. The number of aliphatic hydroxyl groups excluding tert-OH is 1. The molecule has 3 heterocycles. The van der Waals surface area contributed by atoms with E-state index in [1.165, 1.54) is 4.88 Å². The van der Waals surface area contributed by atoms with E-state index in [-0.39, 0.29) is 18.8 Å². The smallest absolute Gasteiger partial charge is 0.225 e. The van der Waals surface area contributed by atoms with Crippen LogP contribution >= 0.6 is 11.3 Å². The predicted molar refractivity (Wildman–Crippen MR) is 85.3 cm³/mol. The van der Waals surface area contributed by atoms with Crippen LogP contribution in [0.1, 0.15) is 11.8 Å². The van der Waals surface area contributed by atoms with E-state index in [2.05, 4.69) is 33.2 Å². The third-order valence-corrected chi connectivity index (χ3v) is 4.49. The van der Waals surface area contributed by atoms with Crippen LogP contribution in [0.15, 0.2) is 6.07 Å². The van der Waals surface area contributed by atoms with Gasteiger partial charge in [-0.2, -0.15) is 4.98 Å². The van der Waals surface area contributed by atoms with Crippen LogP contribution in [0.25, 0.3) is 10.2 Å². The van der Waals surface area contributed by atoms with Crippen molar-refractivity contribution in [1.82, 2.24) is 9.97 Å². The van der Waals surface area contributed by atoms with Crippen LogP contribution in [-0.2, 0) is 4.74 Å². The monoisotopic (exact) mass is 308 g/mol. The molecule has 21 heavy (non-hydrogen) atoms. The molecule has 1 saturated heterocycles. The summed E-state index contributed by atoms with van der Waals surface area (Å²) in [5.41, 5.74) is 0. The second kappa shape index (κ2) is 5.75. The third-order valence-electron chi connectivity index (χ3n) is 3.55. The highest BCUT2D eigenvalue weighted by atomic mass is 32.1. The van der Waals surface area contributed by atoms with Gasteiger partial charge >= 0.3 is 0 Å². The van der Waals surface area contributed by atoms with Crippen molar-refractivity contribution in [2.45, 2.75) is 26.1 Å². The minimum Gasteiger partial charge on any atom is -0.394 e. The standard InChI is InChI=1S/C14H20N4O2S/c1-8-5-18(6-10(7-19)20-8)12-11-4-9(2)21-13(11)17-14(15-3)16-12/h4,8,10,19H,5-7H2,1-3H3,(H,15,16,17). The van der Waals surface area contributed by atoms with Crippen molar-refractivity contribution in [1.29, 1.82) is 0 Å². The molecule has 0 amide bonds. The molecule has 2 N–H and O–H groups in total. The molecular weight excluding hydrogens is 288 g/mol. The molecule has 1 fully saturated rings. The average molecular weight is 308 g/mol. The summed E-state index contributed by atoms with van der Waals surface area (Å²) in [5.74, 6) is 1.54. The maximum atomic E-state index is 9.40. The molecule has 1 aliphatic heterocycles. The van der Waals surface area contributed by atoms with Crippen molar-refractivity contribution in [3.8, 4) is 0 Å². The number of aliphatic hydroxyl groups is 1. The molecule has 7 heteroatoms. The van der Waals surface area contributed by atoms with Gasteiger partial charge in [-0.05, 0) is 19.9 Å². The van der Waals surface area contributed by atoms with Gasteiger partial charge in [0, 0.05) is 25.0 Å². The Balaban J connectivity index is 2.05. The highest BCUT2D eigenvalue weighted by molar-refractivity contribution is 7.18. The molecule has 2 aromatic rings. The fraction of sp³-hybridized carbons (Fsp3) is 0.571. The fourth-order valence-corrected chi connectivity index (χ4v) is 3.57. The van der Waals surface area contributed by atoms with Crippen molar-refractivity contribution in [3.05, 3.63) is 10.9 Å². The minimum absolute atomic E-state index is 0.0244. The summed E-state index contributed by atoms with van der Waals surface area (Å²) in [7, 11) is 1.82. The number of fused-ring (bicyclic) bond motifs is 1. The second-order valence-corrected chi connectivity index (χ2v) is 6.59. The number of thiophene rings is 1. The minimum atomic E-state index is -0.170. The Kier molecular flexibility index (Phi) is 3.97. The summed E-state index contributed by atoms with van der Waals surface area (Å²) in [4.78, 5) is 13.5. The van der Waals surface area contributed by atoms with Gasteiger partial charge in [0.15, 0.2) is 0 Å². The first kappa shape index (κ1) is 14.5. The zero-order chi connectivity index (χ0) is 15.0. The molecule has 2 aromatic heterocycles. The van der Waals surface area contributed by atoms with Gasteiger partial charge in [-0.25, -0.2) is 4.98 Å². The van der Waals surface area contributed by atoms with Crippen molar-refractivity contribution in [2.75, 3.05) is 37.0 Å². The van der Waals surface area contributed by atoms with Gasteiger partial charge in [0.25, 0.3) is 0 Å². The van der Waals surface area contributed by atoms with E-state index in [1.807, 2.05) is 14.0 Å². The van der Waals surface area contributed by atoms with Gasteiger partial charge in [-0.15, -0.1) is 11.3 Å². The number of nitrogens with one attached hydrogen (secondary N) is 1. The van der Waals surface area contributed by atoms with Crippen LogP contribution in [-0.4, -0.2) is 54.0 Å². The van der Waals surface area contributed by atoms with E-state index in [0.717, 1.165) is 22.6 Å². The molecule has 0 aromatic carbocycles. The van der Waals surface area contributed by atoms with E-state index in [4.69, 9.17) is 4.74 Å². The molecule has 114 valence electrons. The molecule has 6 nitrogen and oxygen atoms in total. The number of nitrogens with zero attached hydrogens (tertiary/aromatic N) is 3. The number of rotatable bonds is 3. The first-order chi connectivity index (χ1) is 10.1. The SMILES string of the molecule is CNc1nc(N2CC(C)OC(CO)C2)c2cc(C)sc2n1. The van der Waals surface area contributed by atoms with Gasteiger partial charge in [-0.3, -0.25) is 0 Å². The summed E-state index contributed by atoms with van der Waals surface area (Å²) in [6.45, 7) is 5.53. The highest BCUT2D eigenvalue weighted by Crippen LogP contribution is 2.32. The molecule has 1 aliphatic rings. The Morgan fingerprint density at radius 3 is 3.00 bits per heavy atom. The lowest BCUT2D eigenvalue weighted by molar-refractivity contribution is -0.0422. The van der Waals surface area contributed by atoms with Gasteiger partial charge in [0.05, 0.1) is 24.2 Å². The summed E-state index contributed by atoms with van der Waals surface area (Å²) in [6.07, 6.45) is -0.102. The molecule has 0 saturated carbocycles. The molecule has 0 spiro atoms. The van der Waals surface area contributed by atoms with Crippen LogP contribution in [0.4, 0.5) is 11.8 Å². The van der Waals surface area contributed by atoms with E-state index in [0.29, 0.717) is 12.5 Å². The first-order valence-corrected chi connectivity index (χ1v) is 7.89. The van der Waals surface area contributed by atoms with Gasteiger partial charge in [0.1, 0.15) is 10.6 Å². The van der Waals surface area contributed by atoms with Crippen LogP contribution in [0, 0.1) is 6.92 Å². The summed E-state index contributed by atoms with van der Waals surface area (Å²) in [6, 6.07) is 2.13. The van der Waals surface area contributed by atoms with Gasteiger partial charge in [-0.1, -0.05) is 0 Å². The second-order valence-electron chi connectivity index (χ2n) is 5.35. The van der Waals surface area contributed by atoms with Crippen molar-refractivity contribution in [2.24, 2.45) is 0 Å². The lowest BCUT2D eigenvalue weighted by Crippen LogP contribution is -2.48. The van der Waals surface area contributed by atoms with Crippen LogP contribution in [0.2, 0.25) is 0 Å². The maximum Gasteiger partial charge on any atom is 0.225 e. The van der Waals surface area contributed by atoms with Crippen molar-refractivity contribution in [3.63, 3.8) is 0 Å². The zero-order valence-electron chi connectivity index (χ0n) is 12.5. The lowest BCUT2D eigenvalue weighted by atomic mass is 10.2. The molecule has 0 bridgehead atoms. The Morgan fingerprint density at radius 2 is 2.29 bits per heavy atom. The highest BCUT2D eigenvalue weighted by Gasteiger charge is 2.27. The molecular formula is C14H20N4O2S. The van der Waals surface area contributed by atoms with E-state index >= 15 is 0 Å². The number of aryl methyl sites for hydroxylation is 1. The quantitative estimate of drug-likeness (QED) is 0.898. The number of ether oxygens (including phenoxy) is 1. The van der Waals surface area contributed by atoms with Crippen molar-refractivity contribution < 1.29 is 9.84 Å². The maximum absolute atomic E-state index is 9.40. The lowest BCUT2D eigenvalue weighted by Gasteiger charge is -2.37. The van der Waals surface area contributed by atoms with Crippen LogP contribution < -0.4 is 10.2 Å². The largest absolute Gasteiger partial charge is 0.394 e. The van der Waals surface area contributed by atoms with Crippen molar-refractivity contribution >= 4 is 33.3 Å². The molecule has 0 aliphatic carbocycles. The molecule has 2 unspecified atom stereocenters. The fourth-order valence-electron chi connectivity index (χ4n) is 2.70. The Hall–Kier alpha value is -1.44.